The summed E-state index contributed by atoms with van der Waals surface area (Å²) in [6.45, 7) is 2.92. The molecule has 94 valence electrons. The van der Waals surface area contributed by atoms with Crippen molar-refractivity contribution in [2.45, 2.75) is 38.8 Å². The summed E-state index contributed by atoms with van der Waals surface area (Å²) in [4.78, 5) is 2.43. The van der Waals surface area contributed by atoms with E-state index in [4.69, 9.17) is 5.73 Å². The van der Waals surface area contributed by atoms with E-state index in [1.165, 1.54) is 43.4 Å². The summed E-state index contributed by atoms with van der Waals surface area (Å²) >= 11 is 0. The van der Waals surface area contributed by atoms with Crippen LogP contribution in [0.5, 0.6) is 0 Å². The van der Waals surface area contributed by atoms with Crippen LogP contribution < -0.4 is 5.73 Å². The number of rotatable bonds is 6. The highest BCUT2D eigenvalue weighted by atomic mass is 15.1. The molecule has 0 bridgehead atoms. The quantitative estimate of drug-likeness (QED) is 0.817. The predicted octanol–water partition coefficient (Wildman–Crippen LogP) is 2.77. The van der Waals surface area contributed by atoms with Crippen LogP contribution in [0.2, 0.25) is 0 Å². The monoisotopic (exact) mass is 232 g/mol. The van der Waals surface area contributed by atoms with Crippen molar-refractivity contribution in [2.24, 2.45) is 11.7 Å². The summed E-state index contributed by atoms with van der Waals surface area (Å²) < 4.78 is 0. The average molecular weight is 232 g/mol. The van der Waals surface area contributed by atoms with Crippen LogP contribution in [-0.2, 0) is 13.1 Å². The molecule has 2 rings (SSSR count). The van der Waals surface area contributed by atoms with Gasteiger partial charge in [0.05, 0.1) is 0 Å². The Kier molecular flexibility index (Phi) is 4.57. The molecule has 2 heteroatoms. The average Bonchev–Trinajstić information content (AvgIpc) is 2.28. The van der Waals surface area contributed by atoms with Gasteiger partial charge in [0.2, 0.25) is 0 Å². The summed E-state index contributed by atoms with van der Waals surface area (Å²) in [6, 6.07) is 8.66. The molecule has 2 nitrogen and oxygen atoms in total. The van der Waals surface area contributed by atoms with Gasteiger partial charge < -0.3 is 10.6 Å². The number of hydrogen-bond donors (Lipinski definition) is 1. The fourth-order valence-electron chi connectivity index (χ4n) is 2.36. The maximum atomic E-state index is 5.59. The minimum atomic E-state index is 0.637. The summed E-state index contributed by atoms with van der Waals surface area (Å²) in [5, 5.41) is 0. The number of benzene rings is 1. The van der Waals surface area contributed by atoms with Crippen molar-refractivity contribution in [2.75, 3.05) is 13.6 Å². The van der Waals surface area contributed by atoms with Crippen LogP contribution in [0.4, 0.5) is 0 Å². The Morgan fingerprint density at radius 1 is 1.18 bits per heavy atom. The van der Waals surface area contributed by atoms with Gasteiger partial charge in [0.1, 0.15) is 0 Å². The van der Waals surface area contributed by atoms with E-state index in [1.54, 1.807) is 0 Å². The lowest BCUT2D eigenvalue weighted by Gasteiger charge is -2.27. The highest BCUT2D eigenvalue weighted by molar-refractivity contribution is 5.22. The Labute approximate surface area is 105 Å². The molecule has 2 N–H and O–H groups in total. The van der Waals surface area contributed by atoms with Crippen LogP contribution in [0.3, 0.4) is 0 Å². The lowest BCUT2D eigenvalue weighted by Crippen LogP contribution is -2.23. The van der Waals surface area contributed by atoms with E-state index < -0.39 is 0 Å². The van der Waals surface area contributed by atoms with Gasteiger partial charge in [-0.25, -0.2) is 0 Å². The van der Waals surface area contributed by atoms with E-state index in [1.807, 2.05) is 0 Å². The van der Waals surface area contributed by atoms with Gasteiger partial charge in [0.25, 0.3) is 0 Å². The van der Waals surface area contributed by atoms with Crippen LogP contribution in [0.15, 0.2) is 24.3 Å². The summed E-state index contributed by atoms with van der Waals surface area (Å²) in [5.74, 6) is 1.01. The number of nitrogens with two attached hydrogens (primary N) is 1. The Hall–Kier alpha value is -0.860. The van der Waals surface area contributed by atoms with Crippen LogP contribution in [-0.4, -0.2) is 18.5 Å². The maximum absolute atomic E-state index is 5.59. The van der Waals surface area contributed by atoms with E-state index in [9.17, 15) is 0 Å². The molecule has 1 aromatic carbocycles. The minimum absolute atomic E-state index is 0.637. The third kappa shape index (κ3) is 3.83. The van der Waals surface area contributed by atoms with Gasteiger partial charge in [-0.2, -0.15) is 0 Å². The minimum Gasteiger partial charge on any atom is -0.326 e. The molecule has 0 unspecified atom stereocenters. The fourth-order valence-corrected chi connectivity index (χ4v) is 2.36. The first-order valence-electron chi connectivity index (χ1n) is 6.74. The molecule has 1 aliphatic rings. The second-order valence-electron chi connectivity index (χ2n) is 5.34. The van der Waals surface area contributed by atoms with Crippen LogP contribution in [0, 0.1) is 5.92 Å². The van der Waals surface area contributed by atoms with Gasteiger partial charge in [-0.15, -0.1) is 0 Å². The molecule has 0 saturated heterocycles. The van der Waals surface area contributed by atoms with Gasteiger partial charge in [-0.3, -0.25) is 0 Å². The molecule has 1 aromatic rings. The largest absolute Gasteiger partial charge is 0.326 e. The van der Waals surface area contributed by atoms with Crippen molar-refractivity contribution in [1.82, 2.24) is 4.90 Å². The Morgan fingerprint density at radius 3 is 2.35 bits per heavy atom. The second kappa shape index (κ2) is 6.18. The highest BCUT2D eigenvalue weighted by Gasteiger charge is 2.17. The molecule has 0 atom stereocenters. The molecule has 0 radical (unpaired) electrons. The van der Waals surface area contributed by atoms with E-state index in [0.717, 1.165) is 12.5 Å². The third-order valence-electron chi connectivity index (χ3n) is 3.85. The second-order valence-corrected chi connectivity index (χ2v) is 5.34. The van der Waals surface area contributed by atoms with Crippen molar-refractivity contribution in [1.29, 1.82) is 0 Å². The highest BCUT2D eigenvalue weighted by Crippen LogP contribution is 2.29. The van der Waals surface area contributed by atoms with Gasteiger partial charge in [-0.1, -0.05) is 43.5 Å². The van der Waals surface area contributed by atoms with Gasteiger partial charge >= 0.3 is 0 Å². The summed E-state index contributed by atoms with van der Waals surface area (Å²) in [6.07, 6.45) is 5.74. The number of hydrogen-bond acceptors (Lipinski definition) is 2. The van der Waals surface area contributed by atoms with Crippen molar-refractivity contribution in [3.63, 3.8) is 0 Å². The molecular weight excluding hydrogens is 208 g/mol. The smallest absolute Gasteiger partial charge is 0.0230 e. The maximum Gasteiger partial charge on any atom is 0.0230 e. The molecular formula is C15H24N2. The van der Waals surface area contributed by atoms with Gasteiger partial charge in [-0.05, 0) is 37.1 Å². The molecule has 0 aromatic heterocycles. The topological polar surface area (TPSA) is 29.3 Å². The Bertz CT molecular complexity index is 327. The number of nitrogens with zero attached hydrogens (tertiary/aromatic N) is 1. The van der Waals surface area contributed by atoms with Gasteiger partial charge in [0.15, 0.2) is 0 Å². The third-order valence-corrected chi connectivity index (χ3v) is 3.85. The van der Waals surface area contributed by atoms with Crippen LogP contribution in [0.1, 0.15) is 36.8 Å². The zero-order valence-electron chi connectivity index (χ0n) is 10.9. The molecule has 1 saturated carbocycles. The van der Waals surface area contributed by atoms with E-state index in [2.05, 4.69) is 36.2 Å². The fraction of sp³-hybridized carbons (Fsp3) is 0.600. The molecule has 1 fully saturated rings. The van der Waals surface area contributed by atoms with Crippen molar-refractivity contribution in [3.8, 4) is 0 Å². The predicted molar refractivity (Wildman–Crippen MR) is 72.6 cm³/mol. The van der Waals surface area contributed by atoms with E-state index in [0.29, 0.717) is 6.54 Å². The van der Waals surface area contributed by atoms with Crippen molar-refractivity contribution < 1.29 is 0 Å². The lowest BCUT2D eigenvalue weighted by molar-refractivity contribution is 0.235. The Balaban J connectivity index is 1.74. The normalized spacial score (nSPS) is 16.2. The standard InChI is InChI=1S/C15H24N2/c1-17(10-9-13-3-2-4-13)12-15-7-5-14(11-16)6-8-15/h5-8,13H,2-4,9-12,16H2,1H3. The zero-order chi connectivity index (χ0) is 12.1. The lowest BCUT2D eigenvalue weighted by atomic mass is 9.83. The van der Waals surface area contributed by atoms with E-state index >= 15 is 0 Å². The molecule has 0 aliphatic heterocycles. The van der Waals surface area contributed by atoms with Gasteiger partial charge in [0, 0.05) is 13.1 Å². The molecule has 0 spiro atoms. The van der Waals surface area contributed by atoms with E-state index in [-0.39, 0.29) is 0 Å². The molecule has 1 aliphatic carbocycles. The molecule has 0 heterocycles. The Morgan fingerprint density at radius 2 is 1.82 bits per heavy atom. The van der Waals surface area contributed by atoms with Crippen molar-refractivity contribution >= 4 is 0 Å². The van der Waals surface area contributed by atoms with Crippen LogP contribution in [0.25, 0.3) is 0 Å². The molecule has 17 heavy (non-hydrogen) atoms. The first-order valence-corrected chi connectivity index (χ1v) is 6.74. The molecule has 0 amide bonds. The van der Waals surface area contributed by atoms with Crippen molar-refractivity contribution in [3.05, 3.63) is 35.4 Å². The SMILES string of the molecule is CN(CCC1CCC1)Cc1ccc(CN)cc1. The first kappa shape index (κ1) is 12.6. The van der Waals surface area contributed by atoms with Crippen LogP contribution >= 0.6 is 0 Å². The zero-order valence-corrected chi connectivity index (χ0v) is 10.9. The first-order chi connectivity index (χ1) is 8.28. The summed E-state index contributed by atoms with van der Waals surface area (Å²) in [7, 11) is 2.22. The summed E-state index contributed by atoms with van der Waals surface area (Å²) in [5.41, 5.74) is 8.19.